The maximum Gasteiger partial charge on any atom is 0.413 e. The van der Waals surface area contributed by atoms with Gasteiger partial charge >= 0.3 is 24.0 Å². The molecule has 1 aromatic carbocycles. The van der Waals surface area contributed by atoms with Gasteiger partial charge in [0, 0.05) is 24.7 Å². The first-order valence-electron chi connectivity index (χ1n) is 11.1. The van der Waals surface area contributed by atoms with Crippen LogP contribution in [-0.2, 0) is 33.4 Å². The fourth-order valence-electron chi connectivity index (χ4n) is 3.91. The standard InChI is InChI=1S/C23H23N3O9S/c1-12(27)33-10-13-11-36-20-17-19(29)26(20)18(13)22(31)35-21(30)15(8-5-9-16(28)25-17)24-23(32)34-14-6-3-2-4-7-14/h2-4,6-7,15,17,20H,5,8-11H2,1H3,(H,24,32)(H,25,28)/t15?,17-,20-/m1/s1. The minimum atomic E-state index is -1.30. The zero-order valence-electron chi connectivity index (χ0n) is 19.2. The maximum absolute atomic E-state index is 13.1. The van der Waals surface area contributed by atoms with Gasteiger partial charge in [0.15, 0.2) is 0 Å². The average molecular weight is 518 g/mol. The van der Waals surface area contributed by atoms with Gasteiger partial charge in [-0.3, -0.25) is 19.3 Å². The first kappa shape index (κ1) is 25.2. The van der Waals surface area contributed by atoms with Gasteiger partial charge in [0.2, 0.25) is 5.91 Å². The second kappa shape index (κ2) is 10.8. The number of rotatable bonds is 4. The molecule has 0 spiro atoms. The van der Waals surface area contributed by atoms with Crippen molar-refractivity contribution in [3.05, 3.63) is 41.6 Å². The molecule has 190 valence electrons. The highest BCUT2D eigenvalue weighted by Crippen LogP contribution is 2.41. The zero-order chi connectivity index (χ0) is 25.8. The Kier molecular flexibility index (Phi) is 7.58. The highest BCUT2D eigenvalue weighted by Gasteiger charge is 2.55. The third-order valence-electron chi connectivity index (χ3n) is 5.63. The monoisotopic (exact) mass is 517 g/mol. The Bertz CT molecular complexity index is 1140. The number of hydrogen-bond acceptors (Lipinski definition) is 10. The van der Waals surface area contributed by atoms with Crippen molar-refractivity contribution in [2.45, 2.75) is 43.6 Å². The van der Waals surface area contributed by atoms with Gasteiger partial charge in [0.05, 0.1) is 0 Å². The maximum atomic E-state index is 13.1. The van der Waals surface area contributed by atoms with Gasteiger partial charge in [-0.15, -0.1) is 11.8 Å². The number of fused-ring (bicyclic) bond motifs is 8. The minimum absolute atomic E-state index is 0.0191. The Hall–Kier alpha value is -3.87. The molecule has 12 nitrogen and oxygen atoms in total. The molecule has 4 heterocycles. The number of nitrogens with zero attached hydrogens (tertiary/aromatic N) is 1. The highest BCUT2D eigenvalue weighted by atomic mass is 32.2. The van der Waals surface area contributed by atoms with E-state index in [-0.39, 0.29) is 48.6 Å². The van der Waals surface area contributed by atoms with Crippen molar-refractivity contribution >= 4 is 47.6 Å². The number of ether oxygens (including phenoxy) is 3. The van der Waals surface area contributed by atoms with Gasteiger partial charge in [-0.25, -0.2) is 14.4 Å². The first-order chi connectivity index (χ1) is 17.2. The molecule has 2 N–H and O–H groups in total. The van der Waals surface area contributed by atoms with Crippen LogP contribution < -0.4 is 15.4 Å². The summed E-state index contributed by atoms with van der Waals surface area (Å²) >= 11 is 1.29. The molecule has 13 heteroatoms. The van der Waals surface area contributed by atoms with E-state index in [1.807, 2.05) is 0 Å². The predicted molar refractivity (Wildman–Crippen MR) is 123 cm³/mol. The van der Waals surface area contributed by atoms with Crippen LogP contribution in [0, 0.1) is 0 Å². The van der Waals surface area contributed by atoms with E-state index in [0.717, 1.165) is 4.90 Å². The fourth-order valence-corrected chi connectivity index (χ4v) is 5.24. The van der Waals surface area contributed by atoms with Crippen molar-refractivity contribution in [3.8, 4) is 5.75 Å². The summed E-state index contributed by atoms with van der Waals surface area (Å²) < 4.78 is 15.2. The topological polar surface area (TPSA) is 157 Å². The second-order valence-corrected chi connectivity index (χ2v) is 9.29. The van der Waals surface area contributed by atoms with E-state index in [0.29, 0.717) is 0 Å². The molecule has 1 aromatic rings. The van der Waals surface area contributed by atoms with Crippen molar-refractivity contribution in [2.75, 3.05) is 12.4 Å². The molecule has 5 rings (SSSR count). The molecule has 4 bridgehead atoms. The van der Waals surface area contributed by atoms with E-state index in [2.05, 4.69) is 10.6 Å². The van der Waals surface area contributed by atoms with Crippen LogP contribution in [0.25, 0.3) is 0 Å². The lowest BCUT2D eigenvalue weighted by atomic mass is 10.0. The van der Waals surface area contributed by atoms with Crippen LogP contribution in [0.5, 0.6) is 5.75 Å². The Morgan fingerprint density at radius 3 is 2.67 bits per heavy atom. The summed E-state index contributed by atoms with van der Waals surface area (Å²) in [4.78, 5) is 76.0. The molecular weight excluding hydrogens is 494 g/mol. The molecule has 0 radical (unpaired) electrons. The molecule has 0 aromatic heterocycles. The van der Waals surface area contributed by atoms with E-state index in [1.165, 1.54) is 18.7 Å². The van der Waals surface area contributed by atoms with E-state index in [4.69, 9.17) is 14.2 Å². The van der Waals surface area contributed by atoms with Crippen LogP contribution in [0.2, 0.25) is 0 Å². The molecule has 36 heavy (non-hydrogen) atoms. The number of carbonyl (C=O) groups excluding carboxylic acids is 6. The quantitative estimate of drug-likeness (QED) is 0.329. The number of carbonyl (C=O) groups is 6. The van der Waals surface area contributed by atoms with E-state index >= 15 is 0 Å². The Labute approximate surface area is 209 Å². The predicted octanol–water partition coefficient (Wildman–Crippen LogP) is 0.614. The number of esters is 3. The van der Waals surface area contributed by atoms with E-state index in [1.54, 1.807) is 30.3 Å². The summed E-state index contributed by atoms with van der Waals surface area (Å²) in [7, 11) is 0. The van der Waals surface area contributed by atoms with Crippen LogP contribution in [-0.4, -0.2) is 70.5 Å². The number of benzene rings is 1. The molecule has 3 amide bonds. The zero-order valence-corrected chi connectivity index (χ0v) is 20.0. The molecule has 3 saturated heterocycles. The van der Waals surface area contributed by atoms with Crippen LogP contribution in [0.1, 0.15) is 26.2 Å². The lowest BCUT2D eigenvalue weighted by molar-refractivity contribution is -0.163. The fraction of sp³-hybridized carbons (Fsp3) is 0.391. The van der Waals surface area contributed by atoms with Crippen LogP contribution >= 0.6 is 11.8 Å². The van der Waals surface area contributed by atoms with Crippen molar-refractivity contribution in [3.63, 3.8) is 0 Å². The molecular formula is C23H23N3O9S. The van der Waals surface area contributed by atoms with Crippen LogP contribution in [0.4, 0.5) is 4.79 Å². The summed E-state index contributed by atoms with van der Waals surface area (Å²) in [6.07, 6.45) is -0.832. The Morgan fingerprint density at radius 2 is 1.94 bits per heavy atom. The largest absolute Gasteiger partial charge is 0.461 e. The van der Waals surface area contributed by atoms with Crippen molar-refractivity contribution < 1.29 is 43.0 Å². The van der Waals surface area contributed by atoms with Crippen molar-refractivity contribution in [1.29, 1.82) is 0 Å². The Balaban J connectivity index is 1.57. The molecule has 1 unspecified atom stereocenters. The van der Waals surface area contributed by atoms with Crippen molar-refractivity contribution in [1.82, 2.24) is 15.5 Å². The number of nitrogens with one attached hydrogen (secondary N) is 2. The number of hydrogen-bond donors (Lipinski definition) is 2. The number of thioether (sulfide) groups is 1. The van der Waals surface area contributed by atoms with E-state index in [9.17, 15) is 28.8 Å². The highest BCUT2D eigenvalue weighted by molar-refractivity contribution is 8.00. The summed E-state index contributed by atoms with van der Waals surface area (Å²) in [6, 6.07) is 6.00. The van der Waals surface area contributed by atoms with Gasteiger partial charge in [0.1, 0.15) is 35.5 Å². The molecule has 0 saturated carbocycles. The smallest absolute Gasteiger partial charge is 0.413 e. The SMILES string of the molecule is CC(=O)OCC1=C2C(=O)OC(=O)C(NC(=O)Oc3ccccc3)CCCC(=O)N[C@@H]3C(=O)N2[C@@H]3SC1. The summed E-state index contributed by atoms with van der Waals surface area (Å²) in [6.45, 7) is 0.918. The number of amides is 3. The lowest BCUT2D eigenvalue weighted by Gasteiger charge is -2.49. The van der Waals surface area contributed by atoms with Crippen LogP contribution in [0.15, 0.2) is 41.6 Å². The van der Waals surface area contributed by atoms with Gasteiger partial charge < -0.3 is 24.8 Å². The van der Waals surface area contributed by atoms with Crippen molar-refractivity contribution in [2.24, 2.45) is 0 Å². The van der Waals surface area contributed by atoms with Gasteiger partial charge in [-0.1, -0.05) is 18.2 Å². The molecule has 0 aliphatic carbocycles. The third kappa shape index (κ3) is 5.51. The Morgan fingerprint density at radius 1 is 1.19 bits per heavy atom. The molecule has 4 aliphatic heterocycles. The molecule has 3 fully saturated rings. The van der Waals surface area contributed by atoms with Gasteiger partial charge in [-0.2, -0.15) is 0 Å². The van der Waals surface area contributed by atoms with Gasteiger partial charge in [-0.05, 0) is 25.0 Å². The van der Waals surface area contributed by atoms with Crippen LogP contribution in [0.3, 0.4) is 0 Å². The molecule has 3 atom stereocenters. The summed E-state index contributed by atoms with van der Waals surface area (Å²) in [5.41, 5.74) is 0.0685. The third-order valence-corrected chi connectivity index (χ3v) is 6.97. The number of para-hydroxylation sites is 1. The average Bonchev–Trinajstić information content (AvgIpc) is 2.85. The van der Waals surface area contributed by atoms with E-state index < -0.39 is 53.3 Å². The molecule has 4 aliphatic rings. The first-order valence-corrected chi connectivity index (χ1v) is 12.2. The lowest BCUT2D eigenvalue weighted by Crippen LogP contribution is -2.70. The normalized spacial score (nSPS) is 24.2. The summed E-state index contributed by atoms with van der Waals surface area (Å²) in [5.74, 6) is -3.30. The number of β-lactam (4-membered cyclic amide) rings is 1. The summed E-state index contributed by atoms with van der Waals surface area (Å²) in [5, 5.41) is 4.46. The second-order valence-electron chi connectivity index (χ2n) is 8.19. The minimum Gasteiger partial charge on any atom is -0.461 e. The van der Waals surface area contributed by atoms with Gasteiger partial charge in [0.25, 0.3) is 5.91 Å².